The van der Waals surface area contributed by atoms with Crippen molar-refractivity contribution in [2.24, 2.45) is 5.92 Å². The maximum atomic E-state index is 3.59. The van der Waals surface area contributed by atoms with Gasteiger partial charge in [-0.2, -0.15) is 0 Å². The molecule has 0 bridgehead atoms. The van der Waals surface area contributed by atoms with Crippen molar-refractivity contribution < 1.29 is 0 Å². The smallest absolute Gasteiger partial charge is 0.0314 e. The van der Waals surface area contributed by atoms with Crippen LogP contribution in [0.5, 0.6) is 0 Å². The zero-order chi connectivity index (χ0) is 10.7. The molecule has 1 heterocycles. The predicted molar refractivity (Wildman–Crippen MR) is 70.5 cm³/mol. The second-order valence-corrected chi connectivity index (χ2v) is 6.37. The first-order chi connectivity index (χ1) is 7.25. The number of hydrogen-bond donors (Lipinski definition) is 1. The number of hydrogen-bond acceptors (Lipinski definition) is 2. The maximum absolute atomic E-state index is 3.59. The van der Waals surface area contributed by atoms with E-state index in [-0.39, 0.29) is 0 Å². The molecule has 1 N–H and O–H groups in total. The van der Waals surface area contributed by atoms with Crippen LogP contribution in [0.3, 0.4) is 0 Å². The number of halogens is 1. The van der Waals surface area contributed by atoms with E-state index in [1.807, 2.05) is 11.3 Å². The summed E-state index contributed by atoms with van der Waals surface area (Å²) in [6.07, 6.45) is 5.29. The molecule has 1 aliphatic carbocycles. The quantitative estimate of drug-likeness (QED) is 0.839. The normalized spacial score (nSPS) is 18.0. The molecule has 1 unspecified atom stereocenters. The van der Waals surface area contributed by atoms with Gasteiger partial charge in [-0.05, 0) is 65.5 Å². The van der Waals surface area contributed by atoms with Crippen LogP contribution < -0.4 is 5.32 Å². The Morgan fingerprint density at radius 3 is 3.00 bits per heavy atom. The molecule has 0 saturated heterocycles. The largest absolute Gasteiger partial charge is 0.314 e. The molecular weight excluding hydrogens is 270 g/mol. The van der Waals surface area contributed by atoms with Crippen LogP contribution in [-0.2, 0) is 6.42 Å². The highest BCUT2D eigenvalue weighted by Gasteiger charge is 2.20. The van der Waals surface area contributed by atoms with Gasteiger partial charge < -0.3 is 5.32 Å². The molecule has 2 rings (SSSR count). The van der Waals surface area contributed by atoms with Crippen molar-refractivity contribution in [1.29, 1.82) is 0 Å². The highest BCUT2D eigenvalue weighted by molar-refractivity contribution is 9.10. The Morgan fingerprint density at radius 2 is 2.40 bits per heavy atom. The summed E-state index contributed by atoms with van der Waals surface area (Å²) in [5.41, 5.74) is 0. The molecule has 1 aromatic rings. The Morgan fingerprint density at radius 1 is 1.60 bits per heavy atom. The summed E-state index contributed by atoms with van der Waals surface area (Å²) in [6, 6.07) is 2.99. The standard InChI is InChI=1S/C12H18BrNS/c1-9(8-14-10-3-4-10)2-5-12-11(13)6-7-15-12/h6-7,9-10,14H,2-5,8H2,1H3. The van der Waals surface area contributed by atoms with Crippen LogP contribution in [0.25, 0.3) is 0 Å². The number of nitrogens with one attached hydrogen (secondary N) is 1. The predicted octanol–water partition coefficient (Wildman–Crippen LogP) is 3.83. The lowest BCUT2D eigenvalue weighted by Gasteiger charge is -2.11. The van der Waals surface area contributed by atoms with Gasteiger partial charge in [-0.15, -0.1) is 11.3 Å². The van der Waals surface area contributed by atoms with Crippen molar-refractivity contribution in [2.45, 2.75) is 38.6 Å². The van der Waals surface area contributed by atoms with Crippen molar-refractivity contribution in [3.63, 3.8) is 0 Å². The average Bonchev–Trinajstić information content (AvgIpc) is 2.96. The average molecular weight is 288 g/mol. The molecule has 1 aromatic heterocycles. The molecule has 0 amide bonds. The summed E-state index contributed by atoms with van der Waals surface area (Å²) in [5.74, 6) is 0.791. The zero-order valence-electron chi connectivity index (χ0n) is 9.13. The third kappa shape index (κ3) is 3.89. The Kier molecular flexibility index (Phi) is 4.23. The van der Waals surface area contributed by atoms with Crippen LogP contribution in [0.4, 0.5) is 0 Å². The minimum atomic E-state index is 0.791. The Hall–Kier alpha value is 0.140. The van der Waals surface area contributed by atoms with Gasteiger partial charge in [0.15, 0.2) is 0 Å². The van der Waals surface area contributed by atoms with Crippen molar-refractivity contribution >= 4 is 27.3 Å². The summed E-state index contributed by atoms with van der Waals surface area (Å²) in [6.45, 7) is 3.53. The molecule has 1 atom stereocenters. The Bertz CT molecular complexity index is 306. The fourth-order valence-corrected chi connectivity index (χ4v) is 3.21. The van der Waals surface area contributed by atoms with E-state index < -0.39 is 0 Å². The van der Waals surface area contributed by atoms with Crippen molar-refractivity contribution in [2.75, 3.05) is 6.54 Å². The van der Waals surface area contributed by atoms with Gasteiger partial charge in [0.2, 0.25) is 0 Å². The molecule has 0 spiro atoms. The number of thiophene rings is 1. The van der Waals surface area contributed by atoms with Gasteiger partial charge in [0.25, 0.3) is 0 Å². The molecular formula is C12H18BrNS. The minimum absolute atomic E-state index is 0.791. The van der Waals surface area contributed by atoms with Crippen LogP contribution in [-0.4, -0.2) is 12.6 Å². The molecule has 3 heteroatoms. The topological polar surface area (TPSA) is 12.0 Å². The Labute approximate surface area is 104 Å². The van der Waals surface area contributed by atoms with E-state index in [2.05, 4.69) is 39.6 Å². The molecule has 0 aromatic carbocycles. The van der Waals surface area contributed by atoms with E-state index in [0.717, 1.165) is 12.0 Å². The van der Waals surface area contributed by atoms with Gasteiger partial charge in [0, 0.05) is 15.4 Å². The molecule has 84 valence electrons. The lowest BCUT2D eigenvalue weighted by molar-refractivity contribution is 0.481. The van der Waals surface area contributed by atoms with Gasteiger partial charge in [-0.1, -0.05) is 6.92 Å². The lowest BCUT2D eigenvalue weighted by Crippen LogP contribution is -2.23. The van der Waals surface area contributed by atoms with E-state index in [1.54, 1.807) is 0 Å². The van der Waals surface area contributed by atoms with Crippen LogP contribution >= 0.6 is 27.3 Å². The summed E-state index contributed by atoms with van der Waals surface area (Å²) in [5, 5.41) is 5.75. The fraction of sp³-hybridized carbons (Fsp3) is 0.667. The maximum Gasteiger partial charge on any atom is 0.0314 e. The first-order valence-electron chi connectivity index (χ1n) is 5.71. The third-order valence-electron chi connectivity index (χ3n) is 2.89. The van der Waals surface area contributed by atoms with E-state index in [1.165, 1.54) is 41.6 Å². The molecule has 1 saturated carbocycles. The second-order valence-electron chi connectivity index (χ2n) is 4.52. The van der Waals surface area contributed by atoms with Gasteiger partial charge in [-0.3, -0.25) is 0 Å². The lowest BCUT2D eigenvalue weighted by atomic mass is 10.1. The van der Waals surface area contributed by atoms with Gasteiger partial charge in [-0.25, -0.2) is 0 Å². The highest BCUT2D eigenvalue weighted by Crippen LogP contribution is 2.25. The number of aryl methyl sites for hydroxylation is 1. The monoisotopic (exact) mass is 287 g/mol. The third-order valence-corrected chi connectivity index (χ3v) is 4.87. The van der Waals surface area contributed by atoms with Crippen LogP contribution in [0.2, 0.25) is 0 Å². The fourth-order valence-electron chi connectivity index (χ4n) is 1.64. The van der Waals surface area contributed by atoms with Crippen LogP contribution in [0, 0.1) is 5.92 Å². The first-order valence-corrected chi connectivity index (χ1v) is 7.38. The summed E-state index contributed by atoms with van der Waals surface area (Å²) >= 11 is 5.44. The van der Waals surface area contributed by atoms with Gasteiger partial charge in [0.1, 0.15) is 0 Å². The molecule has 0 radical (unpaired) electrons. The molecule has 1 nitrogen and oxygen atoms in total. The molecule has 1 aliphatic rings. The SMILES string of the molecule is CC(CCc1sccc1Br)CNC1CC1. The van der Waals surface area contributed by atoms with Crippen LogP contribution in [0.1, 0.15) is 31.1 Å². The summed E-state index contributed by atoms with van der Waals surface area (Å²) in [7, 11) is 0. The van der Waals surface area contributed by atoms with Crippen molar-refractivity contribution in [1.82, 2.24) is 5.32 Å². The zero-order valence-corrected chi connectivity index (χ0v) is 11.5. The van der Waals surface area contributed by atoms with E-state index in [0.29, 0.717) is 0 Å². The first kappa shape index (κ1) is 11.6. The molecule has 1 fully saturated rings. The number of rotatable bonds is 6. The Balaban J connectivity index is 1.65. The molecule has 15 heavy (non-hydrogen) atoms. The molecule has 0 aliphatic heterocycles. The van der Waals surface area contributed by atoms with E-state index in [4.69, 9.17) is 0 Å². The van der Waals surface area contributed by atoms with Gasteiger partial charge >= 0.3 is 0 Å². The highest BCUT2D eigenvalue weighted by atomic mass is 79.9. The van der Waals surface area contributed by atoms with Crippen molar-refractivity contribution in [3.05, 3.63) is 20.8 Å². The minimum Gasteiger partial charge on any atom is -0.314 e. The second kappa shape index (κ2) is 5.46. The van der Waals surface area contributed by atoms with E-state index in [9.17, 15) is 0 Å². The van der Waals surface area contributed by atoms with Gasteiger partial charge in [0.05, 0.1) is 0 Å². The van der Waals surface area contributed by atoms with E-state index >= 15 is 0 Å². The van der Waals surface area contributed by atoms with Crippen molar-refractivity contribution in [3.8, 4) is 0 Å². The summed E-state index contributed by atoms with van der Waals surface area (Å²) in [4.78, 5) is 1.49. The van der Waals surface area contributed by atoms with Crippen LogP contribution in [0.15, 0.2) is 15.9 Å². The summed E-state index contributed by atoms with van der Waals surface area (Å²) < 4.78 is 1.29.